The summed E-state index contributed by atoms with van der Waals surface area (Å²) in [5, 5.41) is 2.42. The Morgan fingerprint density at radius 2 is 0.754 bits per heavy atom. The average molecular weight is 896 g/mol. The molecule has 2 aliphatic heterocycles. The molecule has 0 saturated heterocycles. The molecule has 69 heavy (non-hydrogen) atoms. The summed E-state index contributed by atoms with van der Waals surface area (Å²) in [5.74, 6) is 1.78. The van der Waals surface area contributed by atoms with Gasteiger partial charge in [-0.2, -0.15) is 0 Å². The number of anilines is 3. The molecule has 0 amide bonds. The molecular formula is C66H41NOS. The van der Waals surface area contributed by atoms with E-state index in [-0.39, 0.29) is 0 Å². The minimum Gasteiger partial charge on any atom is -0.457 e. The van der Waals surface area contributed by atoms with E-state index in [0.29, 0.717) is 0 Å². The van der Waals surface area contributed by atoms with Gasteiger partial charge in [0.15, 0.2) is 0 Å². The van der Waals surface area contributed by atoms with Crippen LogP contribution in [0.1, 0.15) is 44.5 Å². The van der Waals surface area contributed by atoms with E-state index in [2.05, 4.69) is 254 Å². The van der Waals surface area contributed by atoms with Gasteiger partial charge in [0.25, 0.3) is 0 Å². The second kappa shape index (κ2) is 14.6. The van der Waals surface area contributed by atoms with Gasteiger partial charge >= 0.3 is 0 Å². The molecule has 3 heteroatoms. The van der Waals surface area contributed by atoms with E-state index in [9.17, 15) is 0 Å². The Hall–Kier alpha value is -8.37. The van der Waals surface area contributed by atoms with Crippen molar-refractivity contribution in [2.75, 3.05) is 4.90 Å². The Kier molecular flexibility index (Phi) is 8.17. The van der Waals surface area contributed by atoms with Crippen molar-refractivity contribution >= 4 is 39.6 Å². The number of hydrogen-bond acceptors (Lipinski definition) is 3. The van der Waals surface area contributed by atoms with Crippen LogP contribution in [0.15, 0.2) is 259 Å². The molecule has 2 heterocycles. The lowest BCUT2D eigenvalue weighted by Gasteiger charge is -2.39. The average Bonchev–Trinajstić information content (AvgIpc) is 3.86. The van der Waals surface area contributed by atoms with Gasteiger partial charge < -0.3 is 9.64 Å². The lowest BCUT2D eigenvalue weighted by atomic mass is 9.66. The van der Waals surface area contributed by atoms with Crippen molar-refractivity contribution in [3.8, 4) is 44.9 Å². The van der Waals surface area contributed by atoms with E-state index in [1.807, 2.05) is 11.8 Å². The van der Waals surface area contributed by atoms with Crippen LogP contribution in [0.5, 0.6) is 11.5 Å². The van der Waals surface area contributed by atoms with Gasteiger partial charge in [-0.05, 0) is 150 Å². The van der Waals surface area contributed by atoms with Gasteiger partial charge in [-0.3, -0.25) is 0 Å². The molecular weight excluding hydrogens is 855 g/mol. The lowest BCUT2D eigenvalue weighted by Crippen LogP contribution is -2.32. The summed E-state index contributed by atoms with van der Waals surface area (Å²) in [6.45, 7) is 0. The van der Waals surface area contributed by atoms with Crippen LogP contribution in [0.4, 0.5) is 17.1 Å². The minimum atomic E-state index is -0.589. The molecule has 0 fully saturated rings. The van der Waals surface area contributed by atoms with E-state index in [1.165, 1.54) is 87.3 Å². The van der Waals surface area contributed by atoms with E-state index < -0.39 is 10.8 Å². The van der Waals surface area contributed by atoms with Crippen LogP contribution in [-0.2, 0) is 10.8 Å². The van der Waals surface area contributed by atoms with Crippen LogP contribution in [0.2, 0.25) is 0 Å². The monoisotopic (exact) mass is 895 g/mol. The highest BCUT2D eigenvalue weighted by Gasteiger charge is 2.52. The summed E-state index contributed by atoms with van der Waals surface area (Å²) in [6, 6.07) is 92.4. The number of benzene rings is 11. The third kappa shape index (κ3) is 5.28. The molecule has 322 valence electrons. The molecule has 0 unspecified atom stereocenters. The maximum Gasteiger partial charge on any atom is 0.132 e. The zero-order valence-electron chi connectivity index (χ0n) is 37.4. The van der Waals surface area contributed by atoms with Crippen molar-refractivity contribution < 1.29 is 4.74 Å². The van der Waals surface area contributed by atoms with Crippen molar-refractivity contribution in [2.24, 2.45) is 0 Å². The van der Waals surface area contributed by atoms with E-state index >= 15 is 0 Å². The molecule has 0 atom stereocenters. The normalized spacial score (nSPS) is 14.4. The Morgan fingerprint density at radius 3 is 1.42 bits per heavy atom. The standard InChI is InChI=1S/C66H41NOS/c1-2-16-42(17-3-1)43-30-33-46(34-31-43)67(48-36-37-51-49-18-4-6-20-53(49)65(60(51)41-48)55-22-8-12-26-61(55)68-62-27-13-9-23-56(62)65)47-35-32-44-39-52-50-19-5-7-21-54(50)66(59(52)40-45(44)38-47)57-24-10-14-28-63(57)69-64-29-15-11-25-58(64)66/h1-41H. The van der Waals surface area contributed by atoms with Crippen LogP contribution in [-0.4, -0.2) is 0 Å². The fraction of sp³-hybridized carbons (Fsp3) is 0.0303. The molecule has 0 N–H and O–H groups in total. The molecule has 11 aromatic rings. The number of para-hydroxylation sites is 2. The van der Waals surface area contributed by atoms with Crippen molar-refractivity contribution in [1.82, 2.24) is 0 Å². The third-order valence-corrected chi connectivity index (χ3v) is 16.5. The largest absolute Gasteiger partial charge is 0.457 e. The molecule has 0 aromatic heterocycles. The van der Waals surface area contributed by atoms with Gasteiger partial charge in [0.1, 0.15) is 11.5 Å². The Balaban J connectivity index is 0.972. The zero-order valence-corrected chi connectivity index (χ0v) is 38.3. The van der Waals surface area contributed by atoms with Crippen LogP contribution < -0.4 is 9.64 Å². The van der Waals surface area contributed by atoms with E-state index in [0.717, 1.165) is 39.7 Å². The molecule has 2 spiro atoms. The first-order valence-electron chi connectivity index (χ1n) is 23.8. The van der Waals surface area contributed by atoms with Gasteiger partial charge in [0.2, 0.25) is 0 Å². The summed E-state index contributed by atoms with van der Waals surface area (Å²) in [5.41, 5.74) is 19.9. The number of rotatable bonds is 4. The first-order valence-corrected chi connectivity index (χ1v) is 24.6. The fourth-order valence-corrected chi connectivity index (χ4v) is 13.8. The summed E-state index contributed by atoms with van der Waals surface area (Å²) < 4.78 is 6.72. The van der Waals surface area contributed by atoms with Gasteiger partial charge in [-0.15, -0.1) is 0 Å². The van der Waals surface area contributed by atoms with Crippen molar-refractivity contribution in [1.29, 1.82) is 0 Å². The zero-order chi connectivity index (χ0) is 45.3. The predicted octanol–water partition coefficient (Wildman–Crippen LogP) is 17.3. The Labute approximate surface area is 405 Å². The molecule has 2 aliphatic carbocycles. The maximum atomic E-state index is 6.72. The summed E-state index contributed by atoms with van der Waals surface area (Å²) in [7, 11) is 0. The molecule has 2 nitrogen and oxygen atoms in total. The first kappa shape index (κ1) is 38.7. The molecule has 0 saturated carbocycles. The minimum absolute atomic E-state index is 0.457. The van der Waals surface area contributed by atoms with Crippen LogP contribution >= 0.6 is 11.8 Å². The van der Waals surface area contributed by atoms with E-state index in [4.69, 9.17) is 4.74 Å². The van der Waals surface area contributed by atoms with E-state index in [1.54, 1.807) is 0 Å². The second-order valence-electron chi connectivity index (χ2n) is 18.7. The molecule has 11 aromatic carbocycles. The number of hydrogen-bond donors (Lipinski definition) is 0. The first-order chi connectivity index (χ1) is 34.2. The van der Waals surface area contributed by atoms with Crippen LogP contribution in [0.3, 0.4) is 0 Å². The van der Waals surface area contributed by atoms with Crippen LogP contribution in [0.25, 0.3) is 44.2 Å². The highest BCUT2D eigenvalue weighted by Crippen LogP contribution is 2.64. The Bertz CT molecular complexity index is 3840. The van der Waals surface area contributed by atoms with Crippen molar-refractivity contribution in [3.63, 3.8) is 0 Å². The number of nitrogens with zero attached hydrogens (tertiary/aromatic N) is 1. The quantitative estimate of drug-likeness (QED) is 0.175. The maximum absolute atomic E-state index is 6.72. The highest BCUT2D eigenvalue weighted by atomic mass is 32.2. The highest BCUT2D eigenvalue weighted by molar-refractivity contribution is 7.99. The van der Waals surface area contributed by atoms with Gasteiger partial charge in [0, 0.05) is 38.0 Å². The smallest absolute Gasteiger partial charge is 0.132 e. The molecule has 0 bridgehead atoms. The van der Waals surface area contributed by atoms with Gasteiger partial charge in [0.05, 0.1) is 10.8 Å². The van der Waals surface area contributed by atoms with Crippen molar-refractivity contribution in [3.05, 3.63) is 293 Å². The summed E-state index contributed by atoms with van der Waals surface area (Å²) >= 11 is 1.89. The summed E-state index contributed by atoms with van der Waals surface area (Å²) in [4.78, 5) is 5.08. The third-order valence-electron chi connectivity index (χ3n) is 15.4. The Morgan fingerprint density at radius 1 is 0.290 bits per heavy atom. The number of ether oxygens (including phenoxy) is 1. The van der Waals surface area contributed by atoms with Gasteiger partial charge in [-0.1, -0.05) is 188 Å². The summed E-state index contributed by atoms with van der Waals surface area (Å²) in [6.07, 6.45) is 0. The van der Waals surface area contributed by atoms with Crippen LogP contribution in [0, 0.1) is 0 Å². The topological polar surface area (TPSA) is 12.5 Å². The van der Waals surface area contributed by atoms with Crippen molar-refractivity contribution in [2.45, 2.75) is 20.6 Å². The second-order valence-corrected chi connectivity index (χ2v) is 19.8. The lowest BCUT2D eigenvalue weighted by molar-refractivity contribution is 0.436. The molecule has 15 rings (SSSR count). The van der Waals surface area contributed by atoms with Gasteiger partial charge in [-0.25, -0.2) is 0 Å². The predicted molar refractivity (Wildman–Crippen MR) is 283 cm³/mol. The SMILES string of the molecule is c1ccc(-c2ccc(N(c3ccc4c(c3)C3(c5ccccc5Oc5ccccc53)c3ccccc3-4)c3ccc4cc5c(cc4c3)C3(c4ccccc4Sc4ccccc43)c3ccccc3-5)cc2)cc1. The fourth-order valence-electron chi connectivity index (χ4n) is 12.6. The molecule has 4 aliphatic rings. The number of fused-ring (bicyclic) bond motifs is 19. The molecule has 0 radical (unpaired) electrons.